The maximum atomic E-state index is 12.1. The zero-order chi connectivity index (χ0) is 17.0. The molecule has 0 atom stereocenters. The molecular formula is C17H17ClN2O2S. The van der Waals surface area contributed by atoms with Gasteiger partial charge in [0.2, 0.25) is 5.91 Å². The van der Waals surface area contributed by atoms with Crippen molar-refractivity contribution in [3.8, 4) is 0 Å². The Labute approximate surface area is 144 Å². The number of benzene rings is 1. The van der Waals surface area contributed by atoms with E-state index >= 15 is 0 Å². The summed E-state index contributed by atoms with van der Waals surface area (Å²) in [4.78, 5) is 24.7. The fourth-order valence-electron chi connectivity index (χ4n) is 2.29. The van der Waals surface area contributed by atoms with Gasteiger partial charge in [-0.15, -0.1) is 11.3 Å². The van der Waals surface area contributed by atoms with Crippen molar-refractivity contribution in [2.45, 2.75) is 20.3 Å². The predicted octanol–water partition coefficient (Wildman–Crippen LogP) is 4.02. The van der Waals surface area contributed by atoms with E-state index in [4.69, 9.17) is 17.3 Å². The summed E-state index contributed by atoms with van der Waals surface area (Å²) in [5.74, 6) is -0.850. The third-order valence-electron chi connectivity index (χ3n) is 3.32. The van der Waals surface area contributed by atoms with E-state index in [2.05, 4.69) is 5.32 Å². The molecule has 23 heavy (non-hydrogen) atoms. The topological polar surface area (TPSA) is 72.2 Å². The van der Waals surface area contributed by atoms with Gasteiger partial charge in [0.25, 0.3) is 5.91 Å². The lowest BCUT2D eigenvalue weighted by Gasteiger charge is -2.03. The molecule has 3 N–H and O–H groups in total. The van der Waals surface area contributed by atoms with Gasteiger partial charge in [0.05, 0.1) is 5.56 Å². The molecule has 4 nitrogen and oxygen atoms in total. The van der Waals surface area contributed by atoms with E-state index in [9.17, 15) is 9.59 Å². The zero-order valence-corrected chi connectivity index (χ0v) is 14.4. The third kappa shape index (κ3) is 4.21. The molecule has 0 aliphatic heterocycles. The van der Waals surface area contributed by atoms with Crippen molar-refractivity contribution in [1.82, 2.24) is 0 Å². The second-order valence-corrected chi connectivity index (χ2v) is 6.60. The van der Waals surface area contributed by atoms with Gasteiger partial charge in [0, 0.05) is 16.0 Å². The van der Waals surface area contributed by atoms with E-state index in [1.807, 2.05) is 19.9 Å². The number of primary amides is 1. The maximum absolute atomic E-state index is 12.1. The lowest BCUT2D eigenvalue weighted by atomic mass is 10.1. The van der Waals surface area contributed by atoms with Crippen LogP contribution in [0.15, 0.2) is 30.3 Å². The Balaban J connectivity index is 2.19. The molecule has 1 aromatic carbocycles. The van der Waals surface area contributed by atoms with Crippen LogP contribution in [-0.2, 0) is 11.2 Å². The van der Waals surface area contributed by atoms with Gasteiger partial charge in [-0.1, -0.05) is 30.7 Å². The monoisotopic (exact) mass is 348 g/mol. The summed E-state index contributed by atoms with van der Waals surface area (Å²) in [6, 6.07) is 7.17. The van der Waals surface area contributed by atoms with Crippen LogP contribution in [0.3, 0.4) is 0 Å². The van der Waals surface area contributed by atoms with Crippen LogP contribution in [0.4, 0.5) is 5.00 Å². The zero-order valence-electron chi connectivity index (χ0n) is 12.9. The summed E-state index contributed by atoms with van der Waals surface area (Å²) in [6.45, 7) is 3.86. The normalized spacial score (nSPS) is 10.9. The molecule has 0 spiro atoms. The van der Waals surface area contributed by atoms with Crippen molar-refractivity contribution < 1.29 is 9.59 Å². The molecule has 0 radical (unpaired) electrons. The molecule has 2 aromatic rings. The number of carbonyl (C=O) groups is 2. The van der Waals surface area contributed by atoms with Crippen LogP contribution in [0.1, 0.15) is 33.3 Å². The molecule has 2 amide bonds. The second kappa shape index (κ2) is 7.44. The maximum Gasteiger partial charge on any atom is 0.251 e. The summed E-state index contributed by atoms with van der Waals surface area (Å²) in [6.07, 6.45) is 3.75. The quantitative estimate of drug-likeness (QED) is 0.801. The first kappa shape index (κ1) is 17.2. The molecule has 0 aliphatic rings. The Hall–Kier alpha value is -2.11. The smallest absolute Gasteiger partial charge is 0.251 e. The summed E-state index contributed by atoms with van der Waals surface area (Å²) in [5, 5.41) is 3.83. The minimum absolute atomic E-state index is 0.323. The molecule has 0 saturated heterocycles. The van der Waals surface area contributed by atoms with Crippen molar-refractivity contribution in [2.75, 3.05) is 5.32 Å². The fourth-order valence-corrected chi connectivity index (χ4v) is 3.64. The van der Waals surface area contributed by atoms with Gasteiger partial charge in [0.15, 0.2) is 0 Å². The number of carbonyl (C=O) groups excluding carboxylic acids is 2. The highest BCUT2D eigenvalue weighted by molar-refractivity contribution is 7.16. The predicted molar refractivity (Wildman–Crippen MR) is 96.1 cm³/mol. The number of anilines is 1. The van der Waals surface area contributed by atoms with Crippen molar-refractivity contribution >= 4 is 45.8 Å². The number of aryl methyl sites for hydroxylation is 1. The average Bonchev–Trinajstić information content (AvgIpc) is 2.80. The number of nitrogens with two attached hydrogens (primary N) is 1. The van der Waals surface area contributed by atoms with Gasteiger partial charge in [-0.25, -0.2) is 0 Å². The van der Waals surface area contributed by atoms with Gasteiger partial charge in [-0.3, -0.25) is 9.59 Å². The standard InChI is InChI=1S/C17H17ClN2O2S/c1-3-13-10(2)23-17(15(13)16(19)22)20-14(21)8-7-11-5-4-6-12(18)9-11/h4-9H,3H2,1-2H3,(H2,19,22)(H,20,21). The first-order valence-electron chi connectivity index (χ1n) is 7.09. The number of rotatable bonds is 5. The van der Waals surface area contributed by atoms with E-state index in [0.29, 0.717) is 22.0 Å². The molecule has 2 rings (SSSR count). The van der Waals surface area contributed by atoms with Gasteiger partial charge in [0.1, 0.15) is 5.00 Å². The first-order chi connectivity index (χ1) is 10.9. The number of thiophene rings is 1. The van der Waals surface area contributed by atoms with Crippen LogP contribution >= 0.6 is 22.9 Å². The minimum atomic E-state index is -0.527. The van der Waals surface area contributed by atoms with Crippen LogP contribution < -0.4 is 11.1 Å². The summed E-state index contributed by atoms with van der Waals surface area (Å²) < 4.78 is 0. The molecule has 0 unspecified atom stereocenters. The highest BCUT2D eigenvalue weighted by Crippen LogP contribution is 2.33. The lowest BCUT2D eigenvalue weighted by Crippen LogP contribution is -2.16. The number of hydrogen-bond acceptors (Lipinski definition) is 3. The second-order valence-electron chi connectivity index (χ2n) is 4.94. The van der Waals surface area contributed by atoms with Gasteiger partial charge >= 0.3 is 0 Å². The molecule has 1 heterocycles. The Morgan fingerprint density at radius 3 is 2.74 bits per heavy atom. The fraction of sp³-hybridized carbons (Fsp3) is 0.176. The Kier molecular flexibility index (Phi) is 5.58. The summed E-state index contributed by atoms with van der Waals surface area (Å²) in [5.41, 5.74) is 7.55. The first-order valence-corrected chi connectivity index (χ1v) is 8.28. The van der Waals surface area contributed by atoms with Crippen LogP contribution in [0.5, 0.6) is 0 Å². The molecule has 6 heteroatoms. The van der Waals surface area contributed by atoms with Crippen molar-refractivity contribution in [2.24, 2.45) is 5.73 Å². The molecule has 0 aliphatic carbocycles. The van der Waals surface area contributed by atoms with E-state index in [1.165, 1.54) is 17.4 Å². The SMILES string of the molecule is CCc1c(C)sc(NC(=O)C=Cc2cccc(Cl)c2)c1C(N)=O. The van der Waals surface area contributed by atoms with Crippen molar-refractivity contribution in [3.05, 3.63) is 56.9 Å². The van der Waals surface area contributed by atoms with Gasteiger partial charge < -0.3 is 11.1 Å². The molecule has 120 valence electrons. The lowest BCUT2D eigenvalue weighted by molar-refractivity contribution is -0.111. The van der Waals surface area contributed by atoms with Crippen molar-refractivity contribution in [3.63, 3.8) is 0 Å². The number of nitrogens with one attached hydrogen (secondary N) is 1. The van der Waals surface area contributed by atoms with Crippen molar-refractivity contribution in [1.29, 1.82) is 0 Å². The third-order valence-corrected chi connectivity index (χ3v) is 4.62. The summed E-state index contributed by atoms with van der Waals surface area (Å²) >= 11 is 7.26. The Morgan fingerprint density at radius 1 is 1.39 bits per heavy atom. The van der Waals surface area contributed by atoms with Crippen LogP contribution in [-0.4, -0.2) is 11.8 Å². The highest BCUT2D eigenvalue weighted by Gasteiger charge is 2.19. The molecule has 0 bridgehead atoms. The minimum Gasteiger partial charge on any atom is -0.365 e. The van der Waals surface area contributed by atoms with Crippen LogP contribution in [0.25, 0.3) is 6.08 Å². The molecule has 0 fully saturated rings. The summed E-state index contributed by atoms with van der Waals surface area (Å²) in [7, 11) is 0. The number of hydrogen-bond donors (Lipinski definition) is 2. The van der Waals surface area contributed by atoms with Gasteiger partial charge in [-0.2, -0.15) is 0 Å². The number of halogens is 1. The van der Waals surface area contributed by atoms with E-state index in [0.717, 1.165) is 16.0 Å². The number of amides is 2. The molecule has 1 aromatic heterocycles. The van der Waals surface area contributed by atoms with E-state index in [1.54, 1.807) is 24.3 Å². The highest BCUT2D eigenvalue weighted by atomic mass is 35.5. The van der Waals surface area contributed by atoms with E-state index < -0.39 is 5.91 Å². The van der Waals surface area contributed by atoms with Gasteiger partial charge in [-0.05, 0) is 42.7 Å². The Morgan fingerprint density at radius 2 is 2.13 bits per heavy atom. The van der Waals surface area contributed by atoms with Crippen LogP contribution in [0.2, 0.25) is 5.02 Å². The van der Waals surface area contributed by atoms with E-state index in [-0.39, 0.29) is 5.91 Å². The molecular weight excluding hydrogens is 332 g/mol. The average molecular weight is 349 g/mol. The molecule has 0 saturated carbocycles. The Bertz CT molecular complexity index is 781. The van der Waals surface area contributed by atoms with Crippen LogP contribution in [0, 0.1) is 6.92 Å². The largest absolute Gasteiger partial charge is 0.365 e.